The fourth-order valence-electron chi connectivity index (χ4n) is 2.96. The van der Waals surface area contributed by atoms with E-state index in [1.807, 2.05) is 32.0 Å². The third kappa shape index (κ3) is 2.93. The molecule has 0 bridgehead atoms. The smallest absolute Gasteiger partial charge is 0.105 e. The maximum atomic E-state index is 10.5. The van der Waals surface area contributed by atoms with E-state index in [4.69, 9.17) is 4.74 Å². The Kier molecular flexibility index (Phi) is 3.93. The molecule has 0 radical (unpaired) electrons. The van der Waals surface area contributed by atoms with E-state index in [-0.39, 0.29) is 6.10 Å². The molecule has 1 aliphatic heterocycles. The summed E-state index contributed by atoms with van der Waals surface area (Å²) in [6.45, 7) is 5.84. The van der Waals surface area contributed by atoms with Gasteiger partial charge in [0.25, 0.3) is 0 Å². The Hall–Kier alpha value is -1.49. The van der Waals surface area contributed by atoms with Crippen molar-refractivity contribution in [2.75, 3.05) is 13.2 Å². The van der Waals surface area contributed by atoms with Crippen molar-refractivity contribution in [2.45, 2.75) is 38.5 Å². The topological polar surface area (TPSA) is 54.4 Å². The number of aryl methyl sites for hydroxylation is 1. The molecule has 2 unspecified atom stereocenters. The molecule has 1 aromatic heterocycles. The number of hydrogen-bond acceptors (Lipinski definition) is 4. The molecule has 2 aromatic rings. The van der Waals surface area contributed by atoms with Gasteiger partial charge in [-0.05, 0) is 31.5 Å². The zero-order chi connectivity index (χ0) is 14.9. The Morgan fingerprint density at radius 2 is 2.24 bits per heavy atom. The van der Waals surface area contributed by atoms with E-state index in [0.29, 0.717) is 19.6 Å². The second-order valence-corrected chi connectivity index (χ2v) is 5.91. The molecule has 1 saturated heterocycles. The molecule has 0 saturated carbocycles. The lowest BCUT2D eigenvalue weighted by molar-refractivity contribution is -0.0262. The van der Waals surface area contributed by atoms with Gasteiger partial charge in [-0.3, -0.25) is 4.98 Å². The van der Waals surface area contributed by atoms with Gasteiger partial charge in [0.1, 0.15) is 5.60 Å². The molecule has 2 heterocycles. The van der Waals surface area contributed by atoms with E-state index in [1.54, 1.807) is 0 Å². The summed E-state index contributed by atoms with van der Waals surface area (Å²) in [6, 6.07) is 10.3. The molecule has 0 amide bonds. The normalized spacial score (nSPS) is 25.6. The molecule has 112 valence electrons. The summed E-state index contributed by atoms with van der Waals surface area (Å²) in [7, 11) is 0. The molecular formula is C17H22N2O2. The van der Waals surface area contributed by atoms with Gasteiger partial charge in [-0.2, -0.15) is 0 Å². The molecule has 4 heteroatoms. The molecule has 1 aliphatic rings. The van der Waals surface area contributed by atoms with Crippen molar-refractivity contribution in [3.05, 3.63) is 41.6 Å². The number of fused-ring (bicyclic) bond motifs is 1. The van der Waals surface area contributed by atoms with Crippen LogP contribution in [0.15, 0.2) is 30.3 Å². The van der Waals surface area contributed by atoms with Crippen LogP contribution in [0.3, 0.4) is 0 Å². The minimum Gasteiger partial charge on any atom is -0.386 e. The summed E-state index contributed by atoms with van der Waals surface area (Å²) in [6.07, 6.45) is 0.581. The predicted molar refractivity (Wildman–Crippen MR) is 83.2 cm³/mol. The average Bonchev–Trinajstić information content (AvgIpc) is 2.78. The average molecular weight is 286 g/mol. The number of nitrogens with one attached hydrogen (secondary N) is 1. The minimum atomic E-state index is -0.752. The number of nitrogens with zero attached hydrogens (tertiary/aromatic N) is 1. The predicted octanol–water partition coefficient (Wildman–Crippen LogP) is 2.17. The largest absolute Gasteiger partial charge is 0.386 e. The minimum absolute atomic E-state index is 0.110. The number of benzene rings is 1. The Morgan fingerprint density at radius 1 is 1.43 bits per heavy atom. The van der Waals surface area contributed by atoms with Crippen LogP contribution in [0.1, 0.15) is 24.6 Å². The van der Waals surface area contributed by atoms with Gasteiger partial charge in [-0.1, -0.05) is 18.2 Å². The molecule has 0 aliphatic carbocycles. The van der Waals surface area contributed by atoms with Gasteiger partial charge < -0.3 is 15.2 Å². The van der Waals surface area contributed by atoms with Crippen molar-refractivity contribution < 1.29 is 9.84 Å². The quantitative estimate of drug-likeness (QED) is 0.904. The van der Waals surface area contributed by atoms with Gasteiger partial charge in [0.05, 0.1) is 11.6 Å². The Morgan fingerprint density at radius 3 is 3.00 bits per heavy atom. The van der Waals surface area contributed by atoms with Crippen molar-refractivity contribution in [1.82, 2.24) is 10.3 Å². The van der Waals surface area contributed by atoms with Gasteiger partial charge in [0.2, 0.25) is 0 Å². The fourth-order valence-corrected chi connectivity index (χ4v) is 2.96. The van der Waals surface area contributed by atoms with Gasteiger partial charge in [-0.25, -0.2) is 0 Å². The molecule has 2 atom stereocenters. The lowest BCUT2D eigenvalue weighted by atomic mass is 9.96. The van der Waals surface area contributed by atoms with Gasteiger partial charge in [0.15, 0.2) is 0 Å². The van der Waals surface area contributed by atoms with E-state index < -0.39 is 5.60 Å². The summed E-state index contributed by atoms with van der Waals surface area (Å²) in [5.74, 6) is 0. The number of rotatable bonds is 4. The van der Waals surface area contributed by atoms with Crippen LogP contribution in [-0.4, -0.2) is 34.9 Å². The maximum Gasteiger partial charge on any atom is 0.105 e. The fraction of sp³-hybridized carbons (Fsp3) is 0.471. The van der Waals surface area contributed by atoms with Crippen molar-refractivity contribution >= 4 is 10.9 Å². The standard InChI is InChI=1S/C17H22N2O2/c1-12-9-14(15-5-3-4-6-16(15)19-12)10-18-11-17(20)7-8-21-13(17)2/h3-6,9,13,18,20H,7-8,10-11H2,1-2H3. The van der Waals surface area contributed by atoms with Crippen LogP contribution in [-0.2, 0) is 11.3 Å². The van der Waals surface area contributed by atoms with Gasteiger partial charge >= 0.3 is 0 Å². The number of para-hydroxylation sites is 1. The Bertz CT molecular complexity index is 644. The second kappa shape index (κ2) is 5.72. The first-order chi connectivity index (χ1) is 10.1. The highest BCUT2D eigenvalue weighted by Gasteiger charge is 2.38. The van der Waals surface area contributed by atoms with Crippen LogP contribution in [0.25, 0.3) is 10.9 Å². The molecular weight excluding hydrogens is 264 g/mol. The van der Waals surface area contributed by atoms with Crippen LogP contribution in [0.4, 0.5) is 0 Å². The number of pyridine rings is 1. The molecule has 1 aromatic carbocycles. The first-order valence-corrected chi connectivity index (χ1v) is 7.48. The number of ether oxygens (including phenoxy) is 1. The highest BCUT2D eigenvalue weighted by atomic mass is 16.5. The number of hydrogen-bond donors (Lipinski definition) is 2. The van der Waals surface area contributed by atoms with Crippen molar-refractivity contribution in [3.63, 3.8) is 0 Å². The third-order valence-corrected chi connectivity index (χ3v) is 4.34. The summed E-state index contributed by atoms with van der Waals surface area (Å²) < 4.78 is 5.46. The highest BCUT2D eigenvalue weighted by molar-refractivity contribution is 5.82. The highest BCUT2D eigenvalue weighted by Crippen LogP contribution is 2.25. The van der Waals surface area contributed by atoms with E-state index >= 15 is 0 Å². The summed E-state index contributed by atoms with van der Waals surface area (Å²) in [4.78, 5) is 4.55. The van der Waals surface area contributed by atoms with Gasteiger partial charge in [-0.15, -0.1) is 0 Å². The van der Waals surface area contributed by atoms with Gasteiger partial charge in [0, 0.05) is 37.2 Å². The van der Waals surface area contributed by atoms with Crippen molar-refractivity contribution in [1.29, 1.82) is 0 Å². The first kappa shape index (κ1) is 14.4. The molecule has 2 N–H and O–H groups in total. The van der Waals surface area contributed by atoms with E-state index in [0.717, 1.165) is 17.8 Å². The monoisotopic (exact) mass is 286 g/mol. The lowest BCUT2D eigenvalue weighted by Gasteiger charge is -2.26. The van der Waals surface area contributed by atoms with E-state index in [2.05, 4.69) is 22.4 Å². The molecule has 0 spiro atoms. The van der Waals surface area contributed by atoms with Crippen molar-refractivity contribution in [2.24, 2.45) is 0 Å². The van der Waals surface area contributed by atoms with Crippen LogP contribution >= 0.6 is 0 Å². The maximum absolute atomic E-state index is 10.5. The van der Waals surface area contributed by atoms with Crippen LogP contribution < -0.4 is 5.32 Å². The Labute approximate surface area is 125 Å². The molecule has 3 rings (SSSR count). The SMILES string of the molecule is Cc1cc(CNCC2(O)CCOC2C)c2ccccc2n1. The number of aliphatic hydroxyl groups is 1. The van der Waals surface area contributed by atoms with E-state index in [1.165, 1.54) is 10.9 Å². The first-order valence-electron chi connectivity index (χ1n) is 7.48. The van der Waals surface area contributed by atoms with Crippen LogP contribution in [0.5, 0.6) is 0 Å². The van der Waals surface area contributed by atoms with Crippen LogP contribution in [0, 0.1) is 6.92 Å². The molecule has 4 nitrogen and oxygen atoms in total. The summed E-state index contributed by atoms with van der Waals surface area (Å²) >= 11 is 0. The zero-order valence-corrected chi connectivity index (χ0v) is 12.6. The van der Waals surface area contributed by atoms with Crippen molar-refractivity contribution in [3.8, 4) is 0 Å². The van der Waals surface area contributed by atoms with E-state index in [9.17, 15) is 5.11 Å². The Balaban J connectivity index is 1.73. The second-order valence-electron chi connectivity index (χ2n) is 5.91. The molecule has 21 heavy (non-hydrogen) atoms. The summed E-state index contributed by atoms with van der Waals surface area (Å²) in [5.41, 5.74) is 2.50. The molecule has 1 fully saturated rings. The zero-order valence-electron chi connectivity index (χ0n) is 12.6. The third-order valence-electron chi connectivity index (χ3n) is 4.34. The lowest BCUT2D eigenvalue weighted by Crippen LogP contribution is -2.45. The van der Waals surface area contributed by atoms with Crippen LogP contribution in [0.2, 0.25) is 0 Å². The number of aromatic nitrogens is 1. The summed E-state index contributed by atoms with van der Waals surface area (Å²) in [5, 5.41) is 15.0.